The van der Waals surface area contributed by atoms with Gasteiger partial charge in [0.05, 0.1) is 6.07 Å². The summed E-state index contributed by atoms with van der Waals surface area (Å²) in [6, 6.07) is 1.90. The first-order chi connectivity index (χ1) is 4.76. The van der Waals surface area contributed by atoms with Gasteiger partial charge in [0.25, 0.3) is 0 Å². The maximum absolute atomic E-state index is 9.73. The first-order valence-corrected chi connectivity index (χ1v) is 2.34. The van der Waals surface area contributed by atoms with Crippen LogP contribution in [0.5, 0.6) is 0 Å². The zero-order chi connectivity index (χ0) is 7.98. The average molecular weight is 136 g/mol. The highest BCUT2D eigenvalue weighted by molar-refractivity contribution is 6.02. The van der Waals surface area contributed by atoms with E-state index >= 15 is 0 Å². The fourth-order valence-corrected chi connectivity index (χ4v) is 0.318. The molecular formula is C5H4N4O. The number of hydrogen-bond donors (Lipinski definition) is 2. The third-order valence-corrected chi connectivity index (χ3v) is 0.773. The van der Waals surface area contributed by atoms with Gasteiger partial charge in [-0.1, -0.05) is 0 Å². The Balaban J connectivity index is 4.13. The minimum Gasteiger partial charge on any atom is -0.337 e. The van der Waals surface area contributed by atoms with E-state index in [2.05, 4.69) is 0 Å². The molecule has 50 valence electrons. The molecule has 1 atom stereocenters. The van der Waals surface area contributed by atoms with Crippen LogP contribution in [-0.4, -0.2) is 18.2 Å². The third-order valence-electron chi connectivity index (χ3n) is 0.773. The second-order valence-corrected chi connectivity index (χ2v) is 1.37. The van der Waals surface area contributed by atoms with E-state index in [0.717, 1.165) is 0 Å². The van der Waals surface area contributed by atoms with Crippen LogP contribution in [0.2, 0.25) is 0 Å². The number of hydrogen-bond acceptors (Lipinski definition) is 4. The van der Waals surface area contributed by atoms with Gasteiger partial charge >= 0.3 is 0 Å². The number of nitrogens with zero attached hydrogens (tertiary/aromatic N) is 2. The standard InChI is InChI=1S/C5H4N4O/c6-1-4(8)5(2-7)9-3-10/h3,5,8H,(H,9,10). The third kappa shape index (κ3) is 1.93. The largest absolute Gasteiger partial charge is 0.337 e. The summed E-state index contributed by atoms with van der Waals surface area (Å²) in [4.78, 5) is 9.73. The minimum absolute atomic E-state index is 0.278. The highest BCUT2D eigenvalue weighted by Crippen LogP contribution is 1.80. The fraction of sp³-hybridized carbons (Fsp3) is 0.200. The first-order valence-electron chi connectivity index (χ1n) is 2.34. The van der Waals surface area contributed by atoms with Gasteiger partial charge in [-0.3, -0.25) is 10.2 Å². The molecule has 0 aromatic rings. The number of carbonyl (C=O) groups is 1. The lowest BCUT2D eigenvalue weighted by molar-refractivity contribution is -0.109. The molecule has 0 aliphatic rings. The Bertz CT molecular complexity index is 221. The van der Waals surface area contributed by atoms with Crippen molar-refractivity contribution in [1.82, 2.24) is 5.32 Å². The smallest absolute Gasteiger partial charge is 0.208 e. The van der Waals surface area contributed by atoms with Gasteiger partial charge in [0.15, 0.2) is 6.04 Å². The van der Waals surface area contributed by atoms with Crippen LogP contribution in [0.25, 0.3) is 0 Å². The van der Waals surface area contributed by atoms with E-state index in [1.165, 1.54) is 6.07 Å². The predicted molar refractivity (Wildman–Crippen MR) is 31.9 cm³/mol. The molecule has 0 spiro atoms. The second-order valence-electron chi connectivity index (χ2n) is 1.37. The lowest BCUT2D eigenvalue weighted by Gasteiger charge is -1.99. The van der Waals surface area contributed by atoms with Crippen LogP contribution in [0, 0.1) is 28.1 Å². The van der Waals surface area contributed by atoms with Crippen molar-refractivity contribution in [3.05, 3.63) is 0 Å². The Kier molecular flexibility index (Phi) is 3.28. The van der Waals surface area contributed by atoms with Gasteiger partial charge in [0.1, 0.15) is 11.8 Å². The summed E-state index contributed by atoms with van der Waals surface area (Å²) >= 11 is 0. The first kappa shape index (κ1) is 8.12. The lowest BCUT2D eigenvalue weighted by Crippen LogP contribution is -2.32. The molecule has 0 fully saturated rings. The zero-order valence-electron chi connectivity index (χ0n) is 4.96. The quantitative estimate of drug-likeness (QED) is 0.391. The van der Waals surface area contributed by atoms with E-state index in [1.54, 1.807) is 6.07 Å². The highest BCUT2D eigenvalue weighted by atomic mass is 16.1. The second kappa shape index (κ2) is 4.04. The Labute approximate surface area is 57.4 Å². The van der Waals surface area contributed by atoms with Crippen molar-refractivity contribution in [1.29, 1.82) is 15.9 Å². The summed E-state index contributed by atoms with van der Waals surface area (Å²) in [7, 11) is 0. The Morgan fingerprint density at radius 3 is 2.60 bits per heavy atom. The maximum Gasteiger partial charge on any atom is 0.208 e. The molecule has 0 aliphatic carbocycles. The summed E-state index contributed by atoms with van der Waals surface area (Å²) < 4.78 is 0. The van der Waals surface area contributed by atoms with Gasteiger partial charge in [-0.15, -0.1) is 0 Å². The molecule has 0 radical (unpaired) electrons. The molecule has 5 nitrogen and oxygen atoms in total. The molecule has 1 amide bonds. The molecule has 1 unspecified atom stereocenters. The van der Waals surface area contributed by atoms with Crippen molar-refractivity contribution in [2.24, 2.45) is 0 Å². The van der Waals surface area contributed by atoms with Crippen LogP contribution in [0.15, 0.2) is 0 Å². The van der Waals surface area contributed by atoms with Gasteiger partial charge in [0, 0.05) is 0 Å². The zero-order valence-corrected chi connectivity index (χ0v) is 4.96. The average Bonchev–Trinajstić information content (AvgIpc) is 1.99. The number of rotatable bonds is 3. The van der Waals surface area contributed by atoms with Crippen LogP contribution < -0.4 is 5.32 Å². The monoisotopic (exact) mass is 136 g/mol. The van der Waals surface area contributed by atoms with Gasteiger partial charge in [-0.25, -0.2) is 0 Å². The summed E-state index contributed by atoms with van der Waals surface area (Å²) in [5, 5.41) is 25.1. The van der Waals surface area contributed by atoms with Crippen molar-refractivity contribution in [3.8, 4) is 12.1 Å². The van der Waals surface area contributed by atoms with Crippen molar-refractivity contribution in [3.63, 3.8) is 0 Å². The topological polar surface area (TPSA) is 101 Å². The molecule has 0 bridgehead atoms. The van der Waals surface area contributed by atoms with Crippen LogP contribution in [0.1, 0.15) is 0 Å². The van der Waals surface area contributed by atoms with Crippen LogP contribution in [0.4, 0.5) is 0 Å². The number of nitrogens with one attached hydrogen (secondary N) is 2. The Hall–Kier alpha value is -1.88. The van der Waals surface area contributed by atoms with E-state index in [1.807, 2.05) is 5.32 Å². The van der Waals surface area contributed by atoms with Crippen LogP contribution in [-0.2, 0) is 4.79 Å². The molecule has 0 aromatic heterocycles. The molecule has 0 heterocycles. The summed E-state index contributed by atoms with van der Waals surface area (Å²) in [6.07, 6.45) is 0.278. The van der Waals surface area contributed by atoms with E-state index in [4.69, 9.17) is 15.9 Å². The van der Waals surface area contributed by atoms with Crippen molar-refractivity contribution >= 4 is 12.1 Å². The fourth-order valence-electron chi connectivity index (χ4n) is 0.318. The highest BCUT2D eigenvalue weighted by Gasteiger charge is 2.10. The molecule has 10 heavy (non-hydrogen) atoms. The summed E-state index contributed by atoms with van der Waals surface area (Å²) in [5.41, 5.74) is -0.463. The maximum atomic E-state index is 9.73. The summed E-state index contributed by atoms with van der Waals surface area (Å²) in [6.45, 7) is 0. The summed E-state index contributed by atoms with van der Waals surface area (Å²) in [5.74, 6) is 0. The van der Waals surface area contributed by atoms with E-state index < -0.39 is 11.8 Å². The lowest BCUT2D eigenvalue weighted by atomic mass is 10.2. The molecule has 2 N–H and O–H groups in total. The van der Waals surface area contributed by atoms with Gasteiger partial charge < -0.3 is 5.32 Å². The van der Waals surface area contributed by atoms with Crippen molar-refractivity contribution in [2.75, 3.05) is 0 Å². The number of nitriles is 2. The molecule has 0 saturated carbocycles. The van der Waals surface area contributed by atoms with Gasteiger partial charge in [0.2, 0.25) is 6.41 Å². The van der Waals surface area contributed by atoms with Gasteiger partial charge in [-0.05, 0) is 0 Å². The Morgan fingerprint density at radius 1 is 1.70 bits per heavy atom. The van der Waals surface area contributed by atoms with Crippen LogP contribution >= 0.6 is 0 Å². The minimum atomic E-state index is -1.11. The molecule has 5 heteroatoms. The Morgan fingerprint density at radius 2 is 2.30 bits per heavy atom. The molecule has 0 aliphatic heterocycles. The molecule has 0 rings (SSSR count). The molecular weight excluding hydrogens is 132 g/mol. The molecule has 0 saturated heterocycles. The van der Waals surface area contributed by atoms with E-state index in [9.17, 15) is 4.79 Å². The normalized spacial score (nSPS) is 10.2. The van der Waals surface area contributed by atoms with Crippen LogP contribution in [0.3, 0.4) is 0 Å². The van der Waals surface area contributed by atoms with Crippen molar-refractivity contribution in [2.45, 2.75) is 6.04 Å². The number of carbonyl (C=O) groups excluding carboxylic acids is 1. The SMILES string of the molecule is N#CC(=N)C(C#N)NC=O. The van der Waals surface area contributed by atoms with E-state index in [-0.39, 0.29) is 6.41 Å². The predicted octanol–water partition coefficient (Wildman–Crippen LogP) is -0.832. The number of amides is 1. The molecule has 0 aromatic carbocycles. The van der Waals surface area contributed by atoms with E-state index in [0.29, 0.717) is 0 Å². The van der Waals surface area contributed by atoms with Gasteiger partial charge in [-0.2, -0.15) is 10.5 Å². The van der Waals surface area contributed by atoms with Crippen molar-refractivity contribution < 1.29 is 4.79 Å².